The van der Waals surface area contributed by atoms with E-state index in [1.54, 1.807) is 11.3 Å². The third-order valence-corrected chi connectivity index (χ3v) is 3.51. The van der Waals surface area contributed by atoms with Crippen LogP contribution in [0.1, 0.15) is 30.2 Å². The lowest BCUT2D eigenvalue weighted by Crippen LogP contribution is -2.11. The summed E-state index contributed by atoms with van der Waals surface area (Å²) in [7, 11) is 0. The zero-order valence-corrected chi connectivity index (χ0v) is 11.7. The number of nitrogens with one attached hydrogen (secondary N) is 1. The van der Waals surface area contributed by atoms with E-state index in [-0.39, 0.29) is 0 Å². The molecule has 0 aliphatic heterocycles. The fraction of sp³-hybridized carbons (Fsp3) is 0.500. The summed E-state index contributed by atoms with van der Waals surface area (Å²) in [6, 6.07) is 2.03. The number of hydrogen-bond acceptors (Lipinski definition) is 6. The molecule has 0 amide bonds. The molecule has 2 rings (SSSR count). The van der Waals surface area contributed by atoms with E-state index in [1.807, 2.05) is 13.0 Å². The minimum absolute atomic E-state index is 0.771. The predicted octanol–water partition coefficient (Wildman–Crippen LogP) is 1.98. The van der Waals surface area contributed by atoms with Gasteiger partial charge in [0.2, 0.25) is 0 Å². The Labute approximate surface area is 111 Å². The van der Waals surface area contributed by atoms with Crippen LogP contribution >= 0.6 is 11.3 Å². The van der Waals surface area contributed by atoms with Crippen molar-refractivity contribution in [1.82, 2.24) is 25.7 Å². The predicted molar refractivity (Wildman–Crippen MR) is 72.4 cm³/mol. The van der Waals surface area contributed by atoms with Gasteiger partial charge in [0.1, 0.15) is 10.0 Å². The lowest BCUT2D eigenvalue weighted by atomic mass is 10.1. The van der Waals surface area contributed by atoms with Gasteiger partial charge in [-0.3, -0.25) is 0 Å². The zero-order valence-electron chi connectivity index (χ0n) is 10.9. The molecule has 96 valence electrons. The highest BCUT2D eigenvalue weighted by molar-refractivity contribution is 7.14. The van der Waals surface area contributed by atoms with E-state index in [9.17, 15) is 0 Å². The number of nitrogens with zero attached hydrogens (tertiary/aromatic N) is 4. The van der Waals surface area contributed by atoms with E-state index in [2.05, 4.69) is 39.6 Å². The van der Waals surface area contributed by atoms with Crippen molar-refractivity contribution >= 4 is 11.3 Å². The minimum Gasteiger partial charge on any atom is -0.311 e. The summed E-state index contributed by atoms with van der Waals surface area (Å²) in [6.45, 7) is 7.80. The molecule has 0 aliphatic rings. The van der Waals surface area contributed by atoms with Crippen molar-refractivity contribution in [2.24, 2.45) is 0 Å². The lowest BCUT2D eigenvalue weighted by Gasteiger charge is -2.02. The molecule has 2 heterocycles. The van der Waals surface area contributed by atoms with Crippen LogP contribution in [0, 0.1) is 6.92 Å². The Bertz CT molecular complexity index is 523. The van der Waals surface area contributed by atoms with E-state index < -0.39 is 0 Å². The van der Waals surface area contributed by atoms with E-state index in [1.165, 1.54) is 0 Å². The van der Waals surface area contributed by atoms with E-state index in [0.717, 1.165) is 46.5 Å². The van der Waals surface area contributed by atoms with Crippen LogP contribution in [0.3, 0.4) is 0 Å². The normalized spacial score (nSPS) is 10.8. The molecule has 0 aliphatic carbocycles. The maximum atomic E-state index is 4.25. The van der Waals surface area contributed by atoms with Crippen LogP contribution in [-0.4, -0.2) is 26.9 Å². The Morgan fingerprint density at radius 3 is 2.72 bits per heavy atom. The largest absolute Gasteiger partial charge is 0.311 e. The van der Waals surface area contributed by atoms with Gasteiger partial charge in [0.25, 0.3) is 0 Å². The van der Waals surface area contributed by atoms with Crippen molar-refractivity contribution < 1.29 is 0 Å². The van der Waals surface area contributed by atoms with Crippen molar-refractivity contribution in [3.63, 3.8) is 0 Å². The maximum absolute atomic E-state index is 4.25. The van der Waals surface area contributed by atoms with Crippen LogP contribution in [0.5, 0.6) is 0 Å². The quantitative estimate of drug-likeness (QED) is 0.893. The second-order valence-electron chi connectivity index (χ2n) is 3.98. The second-order valence-corrected chi connectivity index (χ2v) is 5.04. The van der Waals surface area contributed by atoms with Crippen LogP contribution in [0.15, 0.2) is 6.07 Å². The molecule has 0 bridgehead atoms. The van der Waals surface area contributed by atoms with Gasteiger partial charge < -0.3 is 5.32 Å². The molecule has 1 N–H and O–H groups in total. The van der Waals surface area contributed by atoms with Gasteiger partial charge in [0, 0.05) is 12.1 Å². The van der Waals surface area contributed by atoms with E-state index >= 15 is 0 Å². The summed E-state index contributed by atoms with van der Waals surface area (Å²) < 4.78 is 0. The number of rotatable bonds is 5. The van der Waals surface area contributed by atoms with Crippen LogP contribution in [0.25, 0.3) is 10.6 Å². The van der Waals surface area contributed by atoms with Gasteiger partial charge in [0.15, 0.2) is 0 Å². The SMILES string of the molecule is CCNCc1nnc(-c2cc(C)nnc2CC)s1. The highest BCUT2D eigenvalue weighted by Gasteiger charge is 2.12. The van der Waals surface area contributed by atoms with Crippen molar-refractivity contribution in [3.8, 4) is 10.6 Å². The smallest absolute Gasteiger partial charge is 0.149 e. The Morgan fingerprint density at radius 2 is 2.00 bits per heavy atom. The average molecular weight is 263 g/mol. The molecule has 0 saturated heterocycles. The standard InChI is InChI=1S/C12H17N5S/c1-4-10-9(6-8(3)14-15-10)12-17-16-11(18-12)7-13-5-2/h6,13H,4-5,7H2,1-3H3. The number of aryl methyl sites for hydroxylation is 2. The molecule has 0 fully saturated rings. The first kappa shape index (κ1) is 13.0. The summed E-state index contributed by atoms with van der Waals surface area (Å²) in [6.07, 6.45) is 0.852. The van der Waals surface area contributed by atoms with Gasteiger partial charge in [-0.05, 0) is 26.0 Å². The van der Waals surface area contributed by atoms with Gasteiger partial charge in [0.05, 0.1) is 11.4 Å². The molecule has 0 spiro atoms. The van der Waals surface area contributed by atoms with Gasteiger partial charge in [-0.15, -0.1) is 10.2 Å². The minimum atomic E-state index is 0.771. The number of aromatic nitrogens is 4. The van der Waals surface area contributed by atoms with Crippen molar-refractivity contribution in [1.29, 1.82) is 0 Å². The van der Waals surface area contributed by atoms with Gasteiger partial charge in [-0.2, -0.15) is 10.2 Å². The molecule has 2 aromatic heterocycles. The third kappa shape index (κ3) is 2.88. The first-order chi connectivity index (χ1) is 8.74. The maximum Gasteiger partial charge on any atom is 0.149 e. The van der Waals surface area contributed by atoms with Gasteiger partial charge in [-0.1, -0.05) is 25.2 Å². The molecule has 2 aromatic rings. The summed E-state index contributed by atoms with van der Waals surface area (Å²) in [5.74, 6) is 0. The molecule has 5 nitrogen and oxygen atoms in total. The van der Waals surface area contributed by atoms with E-state index in [4.69, 9.17) is 0 Å². The highest BCUT2D eigenvalue weighted by Crippen LogP contribution is 2.26. The Balaban J connectivity index is 2.30. The molecule has 0 atom stereocenters. The van der Waals surface area contributed by atoms with Crippen molar-refractivity contribution in [3.05, 3.63) is 22.5 Å². The molecule has 0 unspecified atom stereocenters. The monoisotopic (exact) mass is 263 g/mol. The van der Waals surface area contributed by atoms with Gasteiger partial charge >= 0.3 is 0 Å². The Kier molecular flexibility index (Phi) is 4.33. The van der Waals surface area contributed by atoms with Gasteiger partial charge in [-0.25, -0.2) is 0 Å². The molecular weight excluding hydrogens is 246 g/mol. The Morgan fingerprint density at radius 1 is 1.17 bits per heavy atom. The number of hydrogen-bond donors (Lipinski definition) is 1. The first-order valence-corrected chi connectivity index (χ1v) is 6.92. The zero-order chi connectivity index (χ0) is 13.0. The van der Waals surface area contributed by atoms with Crippen molar-refractivity contribution in [2.45, 2.75) is 33.7 Å². The highest BCUT2D eigenvalue weighted by atomic mass is 32.1. The molecule has 0 saturated carbocycles. The molecule has 18 heavy (non-hydrogen) atoms. The summed E-state index contributed by atoms with van der Waals surface area (Å²) >= 11 is 1.61. The fourth-order valence-corrected chi connectivity index (χ4v) is 2.47. The molecule has 0 aromatic carbocycles. The van der Waals surface area contributed by atoms with Crippen molar-refractivity contribution in [2.75, 3.05) is 6.54 Å². The molecular formula is C12H17N5S. The first-order valence-electron chi connectivity index (χ1n) is 6.11. The van der Waals surface area contributed by atoms with Crippen LogP contribution in [0.2, 0.25) is 0 Å². The van der Waals surface area contributed by atoms with Crippen LogP contribution in [-0.2, 0) is 13.0 Å². The lowest BCUT2D eigenvalue weighted by molar-refractivity contribution is 0.715. The van der Waals surface area contributed by atoms with Crippen LogP contribution in [0.4, 0.5) is 0 Å². The topological polar surface area (TPSA) is 63.6 Å². The molecule has 0 radical (unpaired) electrons. The third-order valence-electron chi connectivity index (χ3n) is 2.55. The fourth-order valence-electron chi connectivity index (χ4n) is 1.63. The summed E-state index contributed by atoms with van der Waals surface area (Å²) in [5.41, 5.74) is 2.95. The second kappa shape index (κ2) is 5.97. The molecule has 6 heteroatoms. The summed E-state index contributed by atoms with van der Waals surface area (Å²) in [4.78, 5) is 0. The van der Waals surface area contributed by atoms with E-state index in [0.29, 0.717) is 0 Å². The average Bonchev–Trinajstić information content (AvgIpc) is 2.85. The van der Waals surface area contributed by atoms with Crippen LogP contribution < -0.4 is 5.32 Å². The summed E-state index contributed by atoms with van der Waals surface area (Å²) in [5, 5.41) is 21.9. The Hall–Kier alpha value is -1.40.